The molecule has 4 heterocycles. The molecule has 4 nitrogen and oxygen atoms in total. The van der Waals surface area contributed by atoms with Crippen LogP contribution in [0.1, 0.15) is 43.8 Å². The van der Waals surface area contributed by atoms with Gasteiger partial charge in [-0.05, 0) is 55.8 Å². The van der Waals surface area contributed by atoms with Crippen molar-refractivity contribution in [2.45, 2.75) is 44.1 Å². The molecular weight excluding hydrogens is 316 g/mol. The van der Waals surface area contributed by atoms with E-state index in [1.165, 1.54) is 49.1 Å². The Hall–Kier alpha value is -1.72. The average molecular weight is 338 g/mol. The molecule has 2 fully saturated rings. The van der Waals surface area contributed by atoms with Crippen molar-refractivity contribution < 1.29 is 0 Å². The largest absolute Gasteiger partial charge is 0.300 e. The van der Waals surface area contributed by atoms with Gasteiger partial charge < -0.3 is 0 Å². The number of hydrogen-bond donors (Lipinski definition) is 0. The summed E-state index contributed by atoms with van der Waals surface area (Å²) >= 11 is 1.76. The molecule has 3 aromatic rings. The summed E-state index contributed by atoms with van der Waals surface area (Å²) in [4.78, 5) is 8.79. The summed E-state index contributed by atoms with van der Waals surface area (Å²) in [5.74, 6) is 1.52. The first-order chi connectivity index (χ1) is 11.9. The second kappa shape index (κ2) is 5.97. The van der Waals surface area contributed by atoms with Crippen LogP contribution in [-0.2, 0) is 0 Å². The summed E-state index contributed by atoms with van der Waals surface area (Å²) in [5, 5.41) is 6.94. The Morgan fingerprint density at radius 2 is 2.04 bits per heavy atom. The smallest absolute Gasteiger partial charge is 0.156 e. The number of nitrogens with zero attached hydrogens (tertiary/aromatic N) is 4. The summed E-state index contributed by atoms with van der Waals surface area (Å²) in [6, 6.07) is 9.32. The fourth-order valence-corrected chi connectivity index (χ4v) is 4.68. The van der Waals surface area contributed by atoms with Gasteiger partial charge in [-0.25, -0.2) is 9.50 Å². The van der Waals surface area contributed by atoms with Crippen LogP contribution in [0.25, 0.3) is 16.1 Å². The van der Waals surface area contributed by atoms with Gasteiger partial charge in [0.05, 0.1) is 0 Å². The van der Waals surface area contributed by atoms with E-state index < -0.39 is 0 Å². The number of likely N-dealkylation sites (tertiary alicyclic amines) is 1. The van der Waals surface area contributed by atoms with Gasteiger partial charge in [-0.1, -0.05) is 12.5 Å². The van der Waals surface area contributed by atoms with E-state index in [1.807, 2.05) is 4.52 Å². The SMILES string of the molecule is c1csc(-c2ccc3nc([C@H]4CCCN(C5CCC5)C4)nn3c2)c1. The Bertz CT molecular complexity index is 834. The van der Waals surface area contributed by atoms with E-state index in [4.69, 9.17) is 10.1 Å². The number of hydrogen-bond acceptors (Lipinski definition) is 4. The van der Waals surface area contributed by atoms with Crippen molar-refractivity contribution in [1.82, 2.24) is 19.5 Å². The first-order valence-electron chi connectivity index (χ1n) is 9.01. The van der Waals surface area contributed by atoms with Crippen LogP contribution in [-0.4, -0.2) is 38.6 Å². The normalized spacial score (nSPS) is 22.8. The zero-order valence-corrected chi connectivity index (χ0v) is 14.6. The highest BCUT2D eigenvalue weighted by Crippen LogP contribution is 2.32. The Labute approximate surface area is 146 Å². The molecule has 5 heteroatoms. The minimum absolute atomic E-state index is 0.490. The molecule has 1 aliphatic carbocycles. The van der Waals surface area contributed by atoms with Crippen molar-refractivity contribution in [3.63, 3.8) is 0 Å². The molecule has 1 saturated heterocycles. The molecule has 0 radical (unpaired) electrons. The molecule has 24 heavy (non-hydrogen) atoms. The second-order valence-electron chi connectivity index (χ2n) is 7.09. The molecule has 0 bridgehead atoms. The van der Waals surface area contributed by atoms with Gasteiger partial charge in [-0.3, -0.25) is 4.90 Å². The van der Waals surface area contributed by atoms with Crippen LogP contribution < -0.4 is 0 Å². The highest BCUT2D eigenvalue weighted by atomic mass is 32.1. The number of piperidine rings is 1. The maximum Gasteiger partial charge on any atom is 0.156 e. The maximum absolute atomic E-state index is 4.83. The van der Waals surface area contributed by atoms with Crippen molar-refractivity contribution in [3.05, 3.63) is 41.7 Å². The maximum atomic E-state index is 4.83. The van der Waals surface area contributed by atoms with E-state index in [2.05, 4.69) is 40.7 Å². The van der Waals surface area contributed by atoms with E-state index in [1.54, 1.807) is 11.3 Å². The molecule has 0 aromatic carbocycles. The number of aromatic nitrogens is 3. The minimum Gasteiger partial charge on any atom is -0.300 e. The van der Waals surface area contributed by atoms with E-state index in [-0.39, 0.29) is 0 Å². The van der Waals surface area contributed by atoms with Gasteiger partial charge in [0, 0.05) is 35.1 Å². The first-order valence-corrected chi connectivity index (χ1v) is 9.89. The number of fused-ring (bicyclic) bond motifs is 1. The molecule has 1 atom stereocenters. The van der Waals surface area contributed by atoms with E-state index in [0.717, 1.165) is 24.1 Å². The Morgan fingerprint density at radius 1 is 1.08 bits per heavy atom. The van der Waals surface area contributed by atoms with Crippen molar-refractivity contribution in [2.75, 3.05) is 13.1 Å². The molecule has 0 unspecified atom stereocenters. The predicted molar refractivity (Wildman–Crippen MR) is 97.5 cm³/mol. The van der Waals surface area contributed by atoms with Crippen LogP contribution in [0.3, 0.4) is 0 Å². The van der Waals surface area contributed by atoms with Crippen LogP contribution >= 0.6 is 11.3 Å². The quantitative estimate of drug-likeness (QED) is 0.718. The zero-order valence-electron chi connectivity index (χ0n) is 13.8. The second-order valence-corrected chi connectivity index (χ2v) is 8.03. The molecule has 1 saturated carbocycles. The van der Waals surface area contributed by atoms with Gasteiger partial charge in [0.1, 0.15) is 0 Å². The molecule has 124 valence electrons. The number of rotatable bonds is 3. The van der Waals surface area contributed by atoms with Crippen molar-refractivity contribution >= 4 is 17.0 Å². The van der Waals surface area contributed by atoms with Crippen LogP contribution in [0.4, 0.5) is 0 Å². The fraction of sp³-hybridized carbons (Fsp3) is 0.474. The van der Waals surface area contributed by atoms with Gasteiger partial charge in [0.25, 0.3) is 0 Å². The molecule has 0 N–H and O–H groups in total. The topological polar surface area (TPSA) is 33.4 Å². The van der Waals surface area contributed by atoms with Crippen molar-refractivity contribution in [2.24, 2.45) is 0 Å². The lowest BCUT2D eigenvalue weighted by Crippen LogP contribution is -2.45. The van der Waals surface area contributed by atoms with E-state index in [9.17, 15) is 0 Å². The summed E-state index contributed by atoms with van der Waals surface area (Å²) in [5.41, 5.74) is 2.18. The Morgan fingerprint density at radius 3 is 2.83 bits per heavy atom. The Balaban J connectivity index is 1.42. The standard InChI is InChI=1S/C19H22N4S/c1-5-16(6-1)22-10-2-4-15(12-22)19-20-18-9-8-14(13-23(18)21-19)17-7-3-11-24-17/h3,7-9,11,13,15-16H,1-2,4-6,10,12H2/t15-/m0/s1. The monoisotopic (exact) mass is 338 g/mol. The van der Waals surface area contributed by atoms with E-state index >= 15 is 0 Å². The van der Waals surface area contributed by atoms with Gasteiger partial charge in [-0.2, -0.15) is 5.10 Å². The lowest BCUT2D eigenvalue weighted by molar-refractivity contribution is 0.0929. The number of pyridine rings is 1. The lowest BCUT2D eigenvalue weighted by Gasteiger charge is -2.41. The molecule has 5 rings (SSSR count). The predicted octanol–water partition coefficient (Wildman–Crippen LogP) is 4.19. The van der Waals surface area contributed by atoms with Crippen molar-refractivity contribution in [1.29, 1.82) is 0 Å². The minimum atomic E-state index is 0.490. The van der Waals surface area contributed by atoms with Crippen LogP contribution in [0, 0.1) is 0 Å². The summed E-state index contributed by atoms with van der Waals surface area (Å²) in [6.45, 7) is 2.40. The van der Waals surface area contributed by atoms with Gasteiger partial charge in [0.15, 0.2) is 11.5 Å². The lowest BCUT2D eigenvalue weighted by atomic mass is 9.87. The summed E-state index contributed by atoms with van der Waals surface area (Å²) < 4.78 is 1.96. The Kier molecular flexibility index (Phi) is 3.64. The molecule has 2 aliphatic rings. The van der Waals surface area contributed by atoms with Gasteiger partial charge in [0.2, 0.25) is 0 Å². The molecule has 1 aliphatic heterocycles. The molecule has 0 amide bonds. The van der Waals surface area contributed by atoms with E-state index in [0.29, 0.717) is 5.92 Å². The van der Waals surface area contributed by atoms with Crippen LogP contribution in [0.2, 0.25) is 0 Å². The fourth-order valence-electron chi connectivity index (χ4n) is 3.96. The molecule has 0 spiro atoms. The third kappa shape index (κ3) is 2.56. The summed E-state index contributed by atoms with van der Waals surface area (Å²) in [7, 11) is 0. The van der Waals surface area contributed by atoms with Gasteiger partial charge in [-0.15, -0.1) is 11.3 Å². The summed E-state index contributed by atoms with van der Waals surface area (Å²) in [6.07, 6.45) is 8.79. The zero-order chi connectivity index (χ0) is 15.9. The first kappa shape index (κ1) is 14.6. The van der Waals surface area contributed by atoms with Crippen LogP contribution in [0.15, 0.2) is 35.8 Å². The highest BCUT2D eigenvalue weighted by Gasteiger charge is 2.31. The van der Waals surface area contributed by atoms with Gasteiger partial charge >= 0.3 is 0 Å². The van der Waals surface area contributed by atoms with Crippen LogP contribution in [0.5, 0.6) is 0 Å². The highest BCUT2D eigenvalue weighted by molar-refractivity contribution is 7.13. The third-order valence-electron chi connectivity index (χ3n) is 5.56. The molecular formula is C19H22N4S. The van der Waals surface area contributed by atoms with Crippen molar-refractivity contribution in [3.8, 4) is 10.4 Å². The third-order valence-corrected chi connectivity index (χ3v) is 6.48. The number of thiophene rings is 1. The average Bonchev–Trinajstić information content (AvgIpc) is 3.22. The molecule has 3 aromatic heterocycles.